The standard InChI is InChI=1S/C12H16N6O/c1-3-18-8-16-17-11(18)7-15-12(19)9-6-14-5-4-10(9)13-2/h4-6,8H,3,7H2,1-2H3,(H,13,14)(H,15,19). The lowest BCUT2D eigenvalue weighted by atomic mass is 10.2. The van der Waals surface area contributed by atoms with Crippen molar-refractivity contribution in [2.24, 2.45) is 0 Å². The predicted octanol–water partition coefficient (Wildman–Crippen LogP) is 0.665. The molecule has 2 rings (SSSR count). The molecule has 100 valence electrons. The maximum atomic E-state index is 12.1. The van der Waals surface area contributed by atoms with Crippen molar-refractivity contribution in [1.29, 1.82) is 0 Å². The zero-order valence-corrected chi connectivity index (χ0v) is 10.9. The van der Waals surface area contributed by atoms with Gasteiger partial charge in [0.1, 0.15) is 6.33 Å². The molecule has 0 bridgehead atoms. The molecule has 7 heteroatoms. The first-order chi connectivity index (χ1) is 9.26. The predicted molar refractivity (Wildman–Crippen MR) is 70.6 cm³/mol. The van der Waals surface area contributed by atoms with E-state index in [4.69, 9.17) is 0 Å². The number of pyridine rings is 1. The van der Waals surface area contributed by atoms with Crippen LogP contribution in [0.5, 0.6) is 0 Å². The maximum Gasteiger partial charge on any atom is 0.255 e. The Hall–Kier alpha value is -2.44. The minimum absolute atomic E-state index is 0.192. The lowest BCUT2D eigenvalue weighted by Crippen LogP contribution is -2.25. The summed E-state index contributed by atoms with van der Waals surface area (Å²) in [5, 5.41) is 13.5. The molecule has 2 heterocycles. The molecule has 0 aromatic carbocycles. The molecule has 7 nitrogen and oxygen atoms in total. The second-order valence-corrected chi connectivity index (χ2v) is 3.89. The summed E-state index contributed by atoms with van der Waals surface area (Å²) in [4.78, 5) is 16.0. The molecule has 0 unspecified atom stereocenters. The highest BCUT2D eigenvalue weighted by Gasteiger charge is 2.11. The maximum absolute atomic E-state index is 12.1. The molecule has 0 saturated carbocycles. The third-order valence-corrected chi connectivity index (χ3v) is 2.78. The number of amides is 1. The van der Waals surface area contributed by atoms with E-state index in [0.717, 1.165) is 18.1 Å². The smallest absolute Gasteiger partial charge is 0.255 e. The van der Waals surface area contributed by atoms with Gasteiger partial charge in [0.2, 0.25) is 0 Å². The fourth-order valence-corrected chi connectivity index (χ4v) is 1.73. The summed E-state index contributed by atoms with van der Waals surface area (Å²) < 4.78 is 1.88. The van der Waals surface area contributed by atoms with E-state index < -0.39 is 0 Å². The average Bonchev–Trinajstić information content (AvgIpc) is 2.92. The number of rotatable bonds is 5. The van der Waals surface area contributed by atoms with Crippen LogP contribution in [0.25, 0.3) is 0 Å². The van der Waals surface area contributed by atoms with Crippen molar-refractivity contribution >= 4 is 11.6 Å². The van der Waals surface area contributed by atoms with Gasteiger partial charge in [-0.2, -0.15) is 0 Å². The van der Waals surface area contributed by atoms with E-state index in [2.05, 4.69) is 25.8 Å². The number of nitrogens with zero attached hydrogens (tertiary/aromatic N) is 4. The lowest BCUT2D eigenvalue weighted by Gasteiger charge is -2.09. The SMILES string of the molecule is CCn1cnnc1CNC(=O)c1cnccc1NC. The van der Waals surface area contributed by atoms with Crippen molar-refractivity contribution in [3.63, 3.8) is 0 Å². The number of carbonyl (C=O) groups excluding carboxylic acids is 1. The summed E-state index contributed by atoms with van der Waals surface area (Å²) in [5.74, 6) is 0.536. The van der Waals surface area contributed by atoms with Gasteiger partial charge in [0, 0.05) is 31.7 Å². The first-order valence-corrected chi connectivity index (χ1v) is 6.03. The van der Waals surface area contributed by atoms with Crippen LogP contribution in [-0.4, -0.2) is 32.7 Å². The van der Waals surface area contributed by atoms with Crippen LogP contribution < -0.4 is 10.6 Å². The second kappa shape index (κ2) is 5.94. The van der Waals surface area contributed by atoms with Gasteiger partial charge in [-0.15, -0.1) is 10.2 Å². The molecular formula is C12H16N6O. The quantitative estimate of drug-likeness (QED) is 0.825. The Labute approximate surface area is 111 Å². The summed E-state index contributed by atoms with van der Waals surface area (Å²) in [6.07, 6.45) is 4.81. The minimum atomic E-state index is -0.192. The van der Waals surface area contributed by atoms with Crippen LogP contribution in [0, 0.1) is 0 Å². The molecule has 0 atom stereocenters. The fraction of sp³-hybridized carbons (Fsp3) is 0.333. The van der Waals surface area contributed by atoms with Crippen molar-refractivity contribution in [3.8, 4) is 0 Å². The van der Waals surface area contributed by atoms with E-state index in [0.29, 0.717) is 12.1 Å². The summed E-state index contributed by atoms with van der Waals surface area (Å²) in [7, 11) is 1.76. The van der Waals surface area contributed by atoms with E-state index in [1.807, 2.05) is 11.5 Å². The third kappa shape index (κ3) is 2.87. The van der Waals surface area contributed by atoms with Crippen LogP contribution in [0.15, 0.2) is 24.8 Å². The topological polar surface area (TPSA) is 84.7 Å². The first-order valence-electron chi connectivity index (χ1n) is 6.03. The number of nitrogens with one attached hydrogen (secondary N) is 2. The van der Waals surface area contributed by atoms with Crippen LogP contribution in [0.1, 0.15) is 23.1 Å². The first kappa shape index (κ1) is 13.0. The second-order valence-electron chi connectivity index (χ2n) is 3.89. The van der Waals surface area contributed by atoms with Crippen molar-refractivity contribution in [2.45, 2.75) is 20.0 Å². The number of hydrogen-bond donors (Lipinski definition) is 2. The highest BCUT2D eigenvalue weighted by atomic mass is 16.1. The molecule has 0 spiro atoms. The van der Waals surface area contributed by atoms with Crippen molar-refractivity contribution in [2.75, 3.05) is 12.4 Å². The van der Waals surface area contributed by atoms with Gasteiger partial charge >= 0.3 is 0 Å². The summed E-state index contributed by atoms with van der Waals surface area (Å²) >= 11 is 0. The van der Waals surface area contributed by atoms with Gasteiger partial charge in [0.25, 0.3) is 5.91 Å². The molecule has 2 aromatic heterocycles. The average molecular weight is 260 g/mol. The highest BCUT2D eigenvalue weighted by molar-refractivity contribution is 5.99. The van der Waals surface area contributed by atoms with E-state index in [1.54, 1.807) is 25.6 Å². The molecule has 0 radical (unpaired) electrons. The Morgan fingerprint density at radius 3 is 3.05 bits per heavy atom. The fourth-order valence-electron chi connectivity index (χ4n) is 1.73. The van der Waals surface area contributed by atoms with Crippen molar-refractivity contribution in [1.82, 2.24) is 25.1 Å². The lowest BCUT2D eigenvalue weighted by molar-refractivity contribution is 0.0950. The van der Waals surface area contributed by atoms with Gasteiger partial charge < -0.3 is 15.2 Å². The van der Waals surface area contributed by atoms with Gasteiger partial charge in [0.05, 0.1) is 12.1 Å². The zero-order chi connectivity index (χ0) is 13.7. The van der Waals surface area contributed by atoms with Gasteiger partial charge in [-0.05, 0) is 13.0 Å². The normalized spacial score (nSPS) is 10.2. The van der Waals surface area contributed by atoms with E-state index in [9.17, 15) is 4.79 Å². The summed E-state index contributed by atoms with van der Waals surface area (Å²) in [6.45, 7) is 3.10. The van der Waals surface area contributed by atoms with Gasteiger partial charge in [-0.1, -0.05) is 0 Å². The number of hydrogen-bond acceptors (Lipinski definition) is 5. The minimum Gasteiger partial charge on any atom is -0.387 e. The molecule has 0 aliphatic rings. The van der Waals surface area contributed by atoms with Gasteiger partial charge in [-0.25, -0.2) is 0 Å². The van der Waals surface area contributed by atoms with Crippen LogP contribution >= 0.6 is 0 Å². The van der Waals surface area contributed by atoms with Crippen LogP contribution in [0.4, 0.5) is 5.69 Å². The van der Waals surface area contributed by atoms with E-state index in [1.165, 1.54) is 6.20 Å². The molecule has 2 N–H and O–H groups in total. The molecule has 0 aliphatic carbocycles. The van der Waals surface area contributed by atoms with Crippen molar-refractivity contribution in [3.05, 3.63) is 36.2 Å². The van der Waals surface area contributed by atoms with Crippen LogP contribution in [-0.2, 0) is 13.1 Å². The van der Waals surface area contributed by atoms with Crippen molar-refractivity contribution < 1.29 is 4.79 Å². The molecule has 19 heavy (non-hydrogen) atoms. The van der Waals surface area contributed by atoms with Crippen LogP contribution in [0.2, 0.25) is 0 Å². The largest absolute Gasteiger partial charge is 0.387 e. The van der Waals surface area contributed by atoms with E-state index in [-0.39, 0.29) is 5.91 Å². The Bertz CT molecular complexity index is 565. The Kier molecular flexibility index (Phi) is 4.07. The third-order valence-electron chi connectivity index (χ3n) is 2.78. The number of anilines is 1. The molecule has 0 aliphatic heterocycles. The monoisotopic (exact) mass is 260 g/mol. The van der Waals surface area contributed by atoms with Gasteiger partial charge in [-0.3, -0.25) is 9.78 Å². The summed E-state index contributed by atoms with van der Waals surface area (Å²) in [6, 6.07) is 1.75. The molecule has 0 saturated heterocycles. The number of aryl methyl sites for hydroxylation is 1. The highest BCUT2D eigenvalue weighted by Crippen LogP contribution is 2.12. The molecular weight excluding hydrogens is 244 g/mol. The molecule has 1 amide bonds. The van der Waals surface area contributed by atoms with E-state index >= 15 is 0 Å². The van der Waals surface area contributed by atoms with Crippen LogP contribution in [0.3, 0.4) is 0 Å². The molecule has 2 aromatic rings. The molecule has 0 fully saturated rings. The number of carbonyl (C=O) groups is 1. The number of aromatic nitrogens is 4. The Morgan fingerprint density at radius 2 is 2.32 bits per heavy atom. The Balaban J connectivity index is 2.05. The van der Waals surface area contributed by atoms with Gasteiger partial charge in [0.15, 0.2) is 5.82 Å². The summed E-state index contributed by atoms with van der Waals surface area (Å²) in [5.41, 5.74) is 1.25. The zero-order valence-electron chi connectivity index (χ0n) is 10.9. The Morgan fingerprint density at radius 1 is 1.47 bits per heavy atom.